The molecule has 0 bridgehead atoms. The van der Waals surface area contributed by atoms with E-state index in [1.165, 1.54) is 14.2 Å². The van der Waals surface area contributed by atoms with Gasteiger partial charge in [-0.2, -0.15) is 0 Å². The Bertz CT molecular complexity index is 413. The van der Waals surface area contributed by atoms with Crippen LogP contribution in [-0.4, -0.2) is 55.5 Å². The summed E-state index contributed by atoms with van der Waals surface area (Å²) in [7, 11) is 2.78. The first-order valence-electron chi connectivity index (χ1n) is 7.00. The zero-order valence-electron chi connectivity index (χ0n) is 13.5. The summed E-state index contributed by atoms with van der Waals surface area (Å²) in [6.45, 7) is 9.76. The Morgan fingerprint density at radius 1 is 1.29 bits per heavy atom. The van der Waals surface area contributed by atoms with Crippen LogP contribution < -0.4 is 0 Å². The normalized spacial score (nSPS) is 20.0. The van der Waals surface area contributed by atoms with Crippen molar-refractivity contribution in [3.63, 3.8) is 0 Å². The first-order valence-corrected chi connectivity index (χ1v) is 7.00. The first-order chi connectivity index (χ1) is 9.71. The fourth-order valence-electron chi connectivity index (χ4n) is 2.43. The predicted octanol–water partition coefficient (Wildman–Crippen LogP) is 2.13. The Balaban J connectivity index is 2.86. The number of hydrogen-bond acceptors (Lipinski definition) is 5. The van der Waals surface area contributed by atoms with E-state index in [0.717, 1.165) is 12.8 Å². The maximum absolute atomic E-state index is 12.3. The number of likely N-dealkylation sites (tertiary alicyclic amines) is 1. The van der Waals surface area contributed by atoms with Gasteiger partial charge >= 0.3 is 12.1 Å². The largest absolute Gasteiger partial charge is 0.466 e. The Morgan fingerprint density at radius 2 is 1.90 bits per heavy atom. The summed E-state index contributed by atoms with van der Waals surface area (Å²) in [5, 5.41) is 0. The van der Waals surface area contributed by atoms with Gasteiger partial charge in [-0.3, -0.25) is 0 Å². The molecule has 1 unspecified atom stereocenters. The van der Waals surface area contributed by atoms with E-state index in [9.17, 15) is 9.59 Å². The molecule has 1 aliphatic rings. The molecule has 0 saturated carbocycles. The van der Waals surface area contributed by atoms with Crippen LogP contribution in [0.1, 0.15) is 33.6 Å². The maximum Gasteiger partial charge on any atom is 0.410 e. The number of nitrogens with zero attached hydrogens (tertiary/aromatic N) is 1. The van der Waals surface area contributed by atoms with Crippen molar-refractivity contribution < 1.29 is 23.8 Å². The van der Waals surface area contributed by atoms with Crippen LogP contribution in [0.5, 0.6) is 0 Å². The molecule has 0 spiro atoms. The van der Waals surface area contributed by atoms with E-state index >= 15 is 0 Å². The highest BCUT2D eigenvalue weighted by atomic mass is 16.6. The number of hydrogen-bond donors (Lipinski definition) is 0. The quantitative estimate of drug-likeness (QED) is 0.588. The minimum atomic E-state index is -0.590. The van der Waals surface area contributed by atoms with Gasteiger partial charge in [0, 0.05) is 13.7 Å². The van der Waals surface area contributed by atoms with Gasteiger partial charge in [0.2, 0.25) is 0 Å². The molecule has 1 aliphatic heterocycles. The van der Waals surface area contributed by atoms with Crippen LogP contribution in [0.25, 0.3) is 0 Å². The third-order valence-electron chi connectivity index (χ3n) is 3.32. The van der Waals surface area contributed by atoms with Gasteiger partial charge in [0.15, 0.2) is 0 Å². The molecular formula is C15H25NO5. The summed E-state index contributed by atoms with van der Waals surface area (Å²) in [4.78, 5) is 25.5. The highest BCUT2D eigenvalue weighted by molar-refractivity contribution is 5.89. The van der Waals surface area contributed by atoms with Crippen molar-refractivity contribution in [1.29, 1.82) is 0 Å². The zero-order valence-corrected chi connectivity index (χ0v) is 13.5. The van der Waals surface area contributed by atoms with Gasteiger partial charge in [0.05, 0.1) is 18.7 Å². The molecule has 0 aromatic carbocycles. The number of carbonyl (C=O) groups is 2. The van der Waals surface area contributed by atoms with Crippen LogP contribution in [0.4, 0.5) is 4.79 Å². The molecule has 1 amide bonds. The van der Waals surface area contributed by atoms with Crippen molar-refractivity contribution in [3.05, 3.63) is 12.2 Å². The lowest BCUT2D eigenvalue weighted by molar-refractivity contribution is -0.138. The standard InChI is InChI=1S/C15H25NO5/c1-10(13(17)20-6)12(19-5)11-8-7-9-16(11)14(18)21-15(2,3)4/h11-12H,1,7-9H2,2-6H3/t11-,12?/m0/s1. The van der Waals surface area contributed by atoms with Gasteiger partial charge in [-0.15, -0.1) is 0 Å². The van der Waals surface area contributed by atoms with Crippen LogP contribution in [0.3, 0.4) is 0 Å². The number of amides is 1. The second kappa shape index (κ2) is 6.93. The van der Waals surface area contributed by atoms with Crippen molar-refractivity contribution in [2.24, 2.45) is 0 Å². The predicted molar refractivity (Wildman–Crippen MR) is 77.9 cm³/mol. The lowest BCUT2D eigenvalue weighted by Gasteiger charge is -2.32. The summed E-state index contributed by atoms with van der Waals surface area (Å²) in [5.41, 5.74) is -0.355. The molecule has 120 valence electrons. The second-order valence-corrected chi connectivity index (χ2v) is 6.06. The first kappa shape index (κ1) is 17.5. The molecular weight excluding hydrogens is 274 g/mol. The average Bonchev–Trinajstić information content (AvgIpc) is 2.85. The smallest absolute Gasteiger partial charge is 0.410 e. The monoisotopic (exact) mass is 299 g/mol. The highest BCUT2D eigenvalue weighted by Crippen LogP contribution is 2.27. The molecule has 0 aromatic rings. The minimum Gasteiger partial charge on any atom is -0.466 e. The molecule has 2 atom stereocenters. The van der Waals surface area contributed by atoms with Crippen LogP contribution in [-0.2, 0) is 19.0 Å². The van der Waals surface area contributed by atoms with Crippen molar-refractivity contribution >= 4 is 12.1 Å². The van der Waals surface area contributed by atoms with Gasteiger partial charge in [-0.05, 0) is 33.6 Å². The molecule has 0 aromatic heterocycles. The van der Waals surface area contributed by atoms with Gasteiger partial charge in [-0.25, -0.2) is 9.59 Å². The highest BCUT2D eigenvalue weighted by Gasteiger charge is 2.39. The third-order valence-corrected chi connectivity index (χ3v) is 3.32. The fraction of sp³-hybridized carbons (Fsp3) is 0.733. The van der Waals surface area contributed by atoms with E-state index in [1.807, 2.05) is 20.8 Å². The van der Waals surface area contributed by atoms with E-state index in [2.05, 4.69) is 11.3 Å². The van der Waals surface area contributed by atoms with Crippen LogP contribution >= 0.6 is 0 Å². The molecule has 6 heteroatoms. The zero-order chi connectivity index (χ0) is 16.2. The van der Waals surface area contributed by atoms with Crippen molar-refractivity contribution in [2.45, 2.75) is 51.4 Å². The van der Waals surface area contributed by atoms with Gasteiger partial charge in [0.25, 0.3) is 0 Å². The number of ether oxygens (including phenoxy) is 3. The van der Waals surface area contributed by atoms with Crippen LogP contribution in [0.15, 0.2) is 12.2 Å². The van der Waals surface area contributed by atoms with E-state index in [1.54, 1.807) is 4.90 Å². The Hall–Kier alpha value is -1.56. The number of rotatable bonds is 4. The molecule has 1 fully saturated rings. The lowest BCUT2D eigenvalue weighted by atomic mass is 10.0. The minimum absolute atomic E-state index is 0.209. The van der Waals surface area contributed by atoms with E-state index in [0.29, 0.717) is 6.54 Å². The Kier molecular flexibility index (Phi) is 5.78. The Morgan fingerprint density at radius 3 is 2.38 bits per heavy atom. The van der Waals surface area contributed by atoms with Gasteiger partial charge in [-0.1, -0.05) is 6.58 Å². The van der Waals surface area contributed by atoms with Crippen LogP contribution in [0.2, 0.25) is 0 Å². The number of methoxy groups -OCH3 is 2. The van der Waals surface area contributed by atoms with Crippen LogP contribution in [0, 0.1) is 0 Å². The van der Waals surface area contributed by atoms with Gasteiger partial charge < -0.3 is 19.1 Å². The van der Waals surface area contributed by atoms with Crippen molar-refractivity contribution in [2.75, 3.05) is 20.8 Å². The summed E-state index contributed by atoms with van der Waals surface area (Å²) in [5.74, 6) is -0.530. The SMILES string of the molecule is C=C(C(=O)OC)C(OC)[C@@H]1CCCN1C(=O)OC(C)(C)C. The maximum atomic E-state index is 12.3. The summed E-state index contributed by atoms with van der Waals surface area (Å²) >= 11 is 0. The van der Waals surface area contributed by atoms with Gasteiger partial charge in [0.1, 0.15) is 11.7 Å². The molecule has 0 N–H and O–H groups in total. The molecule has 1 rings (SSSR count). The summed E-state index contributed by atoms with van der Waals surface area (Å²) < 4.78 is 15.5. The number of esters is 1. The molecule has 0 aliphatic carbocycles. The molecule has 21 heavy (non-hydrogen) atoms. The Labute approximate surface area is 126 Å². The average molecular weight is 299 g/mol. The molecule has 0 radical (unpaired) electrons. The topological polar surface area (TPSA) is 65.1 Å². The van der Waals surface area contributed by atoms with Crippen molar-refractivity contribution in [3.8, 4) is 0 Å². The summed E-state index contributed by atoms with van der Waals surface area (Å²) in [6, 6.07) is -0.267. The summed E-state index contributed by atoms with van der Waals surface area (Å²) in [6.07, 6.45) is 0.573. The lowest BCUT2D eigenvalue weighted by Crippen LogP contribution is -2.47. The van der Waals surface area contributed by atoms with E-state index in [4.69, 9.17) is 9.47 Å². The second-order valence-electron chi connectivity index (χ2n) is 6.06. The van der Waals surface area contributed by atoms with E-state index < -0.39 is 23.8 Å². The number of carbonyl (C=O) groups excluding carboxylic acids is 2. The van der Waals surface area contributed by atoms with Crippen molar-refractivity contribution in [1.82, 2.24) is 4.90 Å². The fourth-order valence-corrected chi connectivity index (χ4v) is 2.43. The molecule has 1 heterocycles. The molecule has 1 saturated heterocycles. The third kappa shape index (κ3) is 4.46. The molecule has 6 nitrogen and oxygen atoms in total. The van der Waals surface area contributed by atoms with E-state index in [-0.39, 0.29) is 11.6 Å².